The zero-order chi connectivity index (χ0) is 18.4. The highest BCUT2D eigenvalue weighted by Gasteiger charge is 2.18. The highest BCUT2D eigenvalue weighted by molar-refractivity contribution is 14.0. The van der Waals surface area contributed by atoms with Gasteiger partial charge in [0, 0.05) is 36.6 Å². The highest BCUT2D eigenvalue weighted by atomic mass is 127. The van der Waals surface area contributed by atoms with Crippen LogP contribution < -0.4 is 5.32 Å². The van der Waals surface area contributed by atoms with Crippen molar-refractivity contribution in [2.45, 2.75) is 33.1 Å². The molecule has 1 aromatic carbocycles. The van der Waals surface area contributed by atoms with Crippen molar-refractivity contribution >= 4 is 41.5 Å². The number of nitrogens with one attached hydrogen (secondary N) is 1. The number of likely N-dealkylation sites (tertiary alicyclic amines) is 1. The number of guanidine groups is 1. The maximum absolute atomic E-state index is 6.02. The number of nitrogens with zero attached hydrogens (tertiary/aromatic N) is 4. The van der Waals surface area contributed by atoms with Crippen LogP contribution in [-0.4, -0.2) is 47.2 Å². The Hall–Kier alpha value is -1.35. The van der Waals surface area contributed by atoms with Crippen molar-refractivity contribution in [2.24, 2.45) is 10.9 Å². The van der Waals surface area contributed by atoms with Gasteiger partial charge in [-0.25, -0.2) is 0 Å². The molecule has 1 saturated heterocycles. The molecule has 3 rings (SSSR count). The lowest BCUT2D eigenvalue weighted by molar-refractivity contribution is 0.273. The Balaban J connectivity index is 0.00000261. The lowest BCUT2D eigenvalue weighted by atomic mass is 10.00. The van der Waals surface area contributed by atoms with E-state index >= 15 is 0 Å². The number of rotatable bonds is 5. The monoisotopic (exact) mass is 503 g/mol. The van der Waals surface area contributed by atoms with E-state index in [9.17, 15) is 0 Å². The topological polar surface area (TPSA) is 66.5 Å². The average Bonchev–Trinajstić information content (AvgIpc) is 3.11. The van der Waals surface area contributed by atoms with E-state index in [1.807, 2.05) is 24.3 Å². The van der Waals surface area contributed by atoms with E-state index in [-0.39, 0.29) is 24.0 Å². The zero-order valence-electron chi connectivity index (χ0n) is 15.8. The van der Waals surface area contributed by atoms with E-state index < -0.39 is 0 Å². The summed E-state index contributed by atoms with van der Waals surface area (Å²) in [7, 11) is 0. The molecule has 0 saturated carbocycles. The average molecular weight is 504 g/mol. The van der Waals surface area contributed by atoms with Crippen LogP contribution in [0.15, 0.2) is 33.8 Å². The van der Waals surface area contributed by atoms with E-state index in [0.29, 0.717) is 29.7 Å². The summed E-state index contributed by atoms with van der Waals surface area (Å²) in [5.74, 6) is 2.93. The van der Waals surface area contributed by atoms with Crippen molar-refractivity contribution in [3.63, 3.8) is 0 Å². The third-order valence-corrected chi connectivity index (χ3v) is 4.79. The molecule has 1 aromatic heterocycles. The summed E-state index contributed by atoms with van der Waals surface area (Å²) >= 11 is 6.02. The van der Waals surface area contributed by atoms with Crippen LogP contribution in [-0.2, 0) is 6.42 Å². The van der Waals surface area contributed by atoms with E-state index in [2.05, 4.69) is 34.2 Å². The maximum Gasteiger partial charge on any atom is 0.228 e. The molecule has 0 radical (unpaired) electrons. The van der Waals surface area contributed by atoms with Gasteiger partial charge in [0.05, 0.1) is 6.54 Å². The molecular weight excluding hydrogens is 477 g/mol. The minimum Gasteiger partial charge on any atom is -0.357 e. The molecule has 0 atom stereocenters. The van der Waals surface area contributed by atoms with Gasteiger partial charge >= 0.3 is 0 Å². The minimum absolute atomic E-state index is 0. The SMILES string of the molecule is CCNC(=NCCc1nc(-c2cccc(Cl)c2)no1)N1CCC(C)CC1.I. The van der Waals surface area contributed by atoms with Gasteiger partial charge in [-0.15, -0.1) is 24.0 Å². The molecule has 2 aromatic rings. The fourth-order valence-electron chi connectivity index (χ4n) is 3.00. The zero-order valence-corrected chi connectivity index (χ0v) is 18.9. The summed E-state index contributed by atoms with van der Waals surface area (Å²) in [6.45, 7) is 8.01. The smallest absolute Gasteiger partial charge is 0.228 e. The molecule has 6 nitrogen and oxygen atoms in total. The summed E-state index contributed by atoms with van der Waals surface area (Å²) in [5, 5.41) is 8.08. The molecule has 1 N–H and O–H groups in total. The number of hydrogen-bond acceptors (Lipinski definition) is 4. The van der Waals surface area contributed by atoms with Gasteiger partial charge in [-0.3, -0.25) is 4.99 Å². The number of aromatic nitrogens is 2. The minimum atomic E-state index is 0. The van der Waals surface area contributed by atoms with Crippen molar-refractivity contribution in [3.05, 3.63) is 35.2 Å². The van der Waals surface area contributed by atoms with Gasteiger partial charge in [-0.1, -0.05) is 35.8 Å². The fourth-order valence-corrected chi connectivity index (χ4v) is 3.20. The van der Waals surface area contributed by atoms with Gasteiger partial charge in [-0.2, -0.15) is 4.98 Å². The van der Waals surface area contributed by atoms with Gasteiger partial charge in [0.2, 0.25) is 11.7 Å². The third kappa shape index (κ3) is 6.34. The highest BCUT2D eigenvalue weighted by Crippen LogP contribution is 2.20. The second kappa shape index (κ2) is 10.8. The molecule has 27 heavy (non-hydrogen) atoms. The molecule has 1 fully saturated rings. The normalized spacial score (nSPS) is 15.5. The van der Waals surface area contributed by atoms with Crippen LogP contribution in [0.3, 0.4) is 0 Å². The van der Waals surface area contributed by atoms with Gasteiger partial charge in [0.1, 0.15) is 0 Å². The lowest BCUT2D eigenvalue weighted by Gasteiger charge is -2.32. The molecular formula is C19H27ClIN5O. The van der Waals surface area contributed by atoms with Crippen LogP contribution >= 0.6 is 35.6 Å². The van der Waals surface area contributed by atoms with Crippen molar-refractivity contribution in [1.82, 2.24) is 20.4 Å². The van der Waals surface area contributed by atoms with Gasteiger partial charge in [-0.05, 0) is 37.8 Å². The Labute approximate surface area is 182 Å². The first kappa shape index (κ1) is 21.9. The third-order valence-electron chi connectivity index (χ3n) is 4.56. The molecule has 2 heterocycles. The summed E-state index contributed by atoms with van der Waals surface area (Å²) in [5.41, 5.74) is 0.853. The Kier molecular flexibility index (Phi) is 8.82. The molecule has 0 amide bonds. The van der Waals surface area contributed by atoms with E-state index in [0.717, 1.165) is 37.1 Å². The Bertz CT molecular complexity index is 743. The Morgan fingerprint density at radius 1 is 1.37 bits per heavy atom. The van der Waals surface area contributed by atoms with Crippen LogP contribution in [0.4, 0.5) is 0 Å². The van der Waals surface area contributed by atoms with Crippen molar-refractivity contribution in [1.29, 1.82) is 0 Å². The Morgan fingerprint density at radius 3 is 2.85 bits per heavy atom. The molecule has 0 unspecified atom stereocenters. The maximum atomic E-state index is 6.02. The number of aliphatic imine (C=N–C) groups is 1. The number of hydrogen-bond donors (Lipinski definition) is 1. The molecule has 0 spiro atoms. The number of piperidine rings is 1. The summed E-state index contributed by atoms with van der Waals surface area (Å²) in [4.78, 5) is 11.5. The first-order chi connectivity index (χ1) is 12.7. The van der Waals surface area contributed by atoms with Crippen LogP contribution in [0.25, 0.3) is 11.4 Å². The number of halogens is 2. The van der Waals surface area contributed by atoms with Gasteiger partial charge < -0.3 is 14.7 Å². The number of benzene rings is 1. The second-order valence-electron chi connectivity index (χ2n) is 6.68. The first-order valence-corrected chi connectivity index (χ1v) is 9.65. The molecule has 0 bridgehead atoms. The van der Waals surface area contributed by atoms with E-state index in [4.69, 9.17) is 21.1 Å². The Morgan fingerprint density at radius 2 is 2.15 bits per heavy atom. The van der Waals surface area contributed by atoms with Crippen molar-refractivity contribution in [3.8, 4) is 11.4 Å². The molecule has 148 valence electrons. The quantitative estimate of drug-likeness (QED) is 0.375. The predicted octanol–water partition coefficient (Wildman–Crippen LogP) is 4.25. The summed E-state index contributed by atoms with van der Waals surface area (Å²) in [6.07, 6.45) is 3.06. The van der Waals surface area contributed by atoms with Gasteiger partial charge in [0.25, 0.3) is 0 Å². The van der Waals surface area contributed by atoms with Crippen molar-refractivity contribution < 1.29 is 4.52 Å². The second-order valence-corrected chi connectivity index (χ2v) is 7.11. The molecule has 1 aliphatic rings. The lowest BCUT2D eigenvalue weighted by Crippen LogP contribution is -2.45. The molecule has 8 heteroatoms. The predicted molar refractivity (Wildman–Crippen MR) is 120 cm³/mol. The first-order valence-electron chi connectivity index (χ1n) is 9.27. The fraction of sp³-hybridized carbons (Fsp3) is 0.526. The summed E-state index contributed by atoms with van der Waals surface area (Å²) < 4.78 is 5.35. The van der Waals surface area contributed by atoms with E-state index in [1.165, 1.54) is 12.8 Å². The van der Waals surface area contributed by atoms with Crippen molar-refractivity contribution in [2.75, 3.05) is 26.2 Å². The van der Waals surface area contributed by atoms with Crippen LogP contribution in [0, 0.1) is 5.92 Å². The summed E-state index contributed by atoms with van der Waals surface area (Å²) in [6, 6.07) is 7.44. The van der Waals surface area contributed by atoms with E-state index in [1.54, 1.807) is 0 Å². The van der Waals surface area contributed by atoms with Crippen LogP contribution in [0.5, 0.6) is 0 Å². The standard InChI is InChI=1S/C19H26ClN5O.HI/c1-3-21-19(25-11-8-14(2)9-12-25)22-10-7-17-23-18(24-26-17)15-5-4-6-16(20)13-15;/h4-6,13-14H,3,7-12H2,1-2H3,(H,21,22);1H. The largest absolute Gasteiger partial charge is 0.357 e. The van der Waals surface area contributed by atoms with Gasteiger partial charge in [0.15, 0.2) is 5.96 Å². The van der Waals surface area contributed by atoms with Crippen LogP contribution in [0.1, 0.15) is 32.6 Å². The molecule has 1 aliphatic heterocycles. The van der Waals surface area contributed by atoms with Crippen LogP contribution in [0.2, 0.25) is 5.02 Å². The molecule has 0 aliphatic carbocycles.